The summed E-state index contributed by atoms with van der Waals surface area (Å²) in [6.07, 6.45) is -0.395. The number of ketones is 1. The molecule has 0 aliphatic carbocycles. The first-order chi connectivity index (χ1) is 6.11. The van der Waals surface area contributed by atoms with Crippen molar-refractivity contribution in [2.24, 2.45) is 0 Å². The summed E-state index contributed by atoms with van der Waals surface area (Å²) in [5.41, 5.74) is 1.49. The van der Waals surface area contributed by atoms with Crippen molar-refractivity contribution in [1.29, 1.82) is 0 Å². The van der Waals surface area contributed by atoms with Crippen molar-refractivity contribution < 1.29 is 9.53 Å². The smallest absolute Gasteiger partial charge is 0.208 e. The van der Waals surface area contributed by atoms with E-state index in [1.807, 2.05) is 13.0 Å². The van der Waals surface area contributed by atoms with E-state index in [-0.39, 0.29) is 5.78 Å². The number of ether oxygens (including phenoxy) is 1. The zero-order chi connectivity index (χ0) is 9.59. The summed E-state index contributed by atoms with van der Waals surface area (Å²) in [7, 11) is 0. The van der Waals surface area contributed by atoms with Crippen molar-refractivity contribution in [2.45, 2.75) is 20.0 Å². The van der Waals surface area contributed by atoms with E-state index in [1.54, 1.807) is 13.0 Å². The molecular weight excluding hydrogens is 188 g/mol. The van der Waals surface area contributed by atoms with Gasteiger partial charge < -0.3 is 4.74 Å². The summed E-state index contributed by atoms with van der Waals surface area (Å²) in [5.74, 6) is 0.619. The molecule has 1 heterocycles. The second kappa shape index (κ2) is 2.74. The molecule has 1 aliphatic heterocycles. The molecule has 0 saturated heterocycles. The minimum Gasteiger partial charge on any atom is -0.481 e. The SMILES string of the molecule is Cc1ccc(Cl)c2c1OC(C)C2=O. The molecule has 2 rings (SSSR count). The number of rotatable bonds is 0. The Hall–Kier alpha value is -1.02. The van der Waals surface area contributed by atoms with Crippen molar-refractivity contribution in [3.8, 4) is 5.75 Å². The summed E-state index contributed by atoms with van der Waals surface area (Å²) in [6.45, 7) is 3.64. The summed E-state index contributed by atoms with van der Waals surface area (Å²) < 4.78 is 5.40. The number of hydrogen-bond donors (Lipinski definition) is 0. The molecule has 0 N–H and O–H groups in total. The fourth-order valence-corrected chi connectivity index (χ4v) is 1.72. The second-order valence-electron chi connectivity index (χ2n) is 3.19. The predicted molar refractivity (Wildman–Crippen MR) is 50.6 cm³/mol. The van der Waals surface area contributed by atoms with Crippen LogP contribution in [0.3, 0.4) is 0 Å². The third-order valence-corrected chi connectivity index (χ3v) is 2.53. The Morgan fingerprint density at radius 2 is 2.15 bits per heavy atom. The van der Waals surface area contributed by atoms with Gasteiger partial charge in [-0.25, -0.2) is 0 Å². The van der Waals surface area contributed by atoms with Crippen LogP contribution in [0.4, 0.5) is 0 Å². The van der Waals surface area contributed by atoms with Crippen LogP contribution in [0.2, 0.25) is 5.02 Å². The molecule has 2 nitrogen and oxygen atoms in total. The maximum absolute atomic E-state index is 11.6. The Morgan fingerprint density at radius 3 is 2.77 bits per heavy atom. The fourth-order valence-electron chi connectivity index (χ4n) is 1.48. The lowest BCUT2D eigenvalue weighted by atomic mass is 10.1. The highest BCUT2D eigenvalue weighted by atomic mass is 35.5. The number of halogens is 1. The summed E-state index contributed by atoms with van der Waals surface area (Å²) in [5, 5.41) is 0.481. The number of fused-ring (bicyclic) bond motifs is 1. The average Bonchev–Trinajstić information content (AvgIpc) is 2.38. The molecule has 0 radical (unpaired) electrons. The lowest BCUT2D eigenvalue weighted by Gasteiger charge is -2.03. The molecule has 1 aromatic carbocycles. The van der Waals surface area contributed by atoms with Crippen molar-refractivity contribution in [3.63, 3.8) is 0 Å². The first-order valence-electron chi connectivity index (χ1n) is 4.11. The van der Waals surface area contributed by atoms with Gasteiger partial charge in [0.2, 0.25) is 5.78 Å². The second-order valence-corrected chi connectivity index (χ2v) is 3.60. The van der Waals surface area contributed by atoms with E-state index < -0.39 is 6.10 Å². The number of carbonyl (C=O) groups is 1. The van der Waals surface area contributed by atoms with Crippen LogP contribution in [0.5, 0.6) is 5.75 Å². The first kappa shape index (κ1) is 8.57. The minimum atomic E-state index is -0.395. The van der Waals surface area contributed by atoms with Crippen LogP contribution in [0.1, 0.15) is 22.8 Å². The lowest BCUT2D eigenvalue weighted by Crippen LogP contribution is -2.14. The van der Waals surface area contributed by atoms with Crippen molar-refractivity contribution in [3.05, 3.63) is 28.3 Å². The highest BCUT2D eigenvalue weighted by molar-refractivity contribution is 6.35. The molecule has 0 aromatic heterocycles. The van der Waals surface area contributed by atoms with E-state index in [2.05, 4.69) is 0 Å². The number of Topliss-reactive ketones (excluding diaryl/α,β-unsaturated/α-hetero) is 1. The normalized spacial score (nSPS) is 19.9. The number of carbonyl (C=O) groups excluding carboxylic acids is 1. The Kier molecular flexibility index (Phi) is 1.81. The van der Waals surface area contributed by atoms with Crippen molar-refractivity contribution in [1.82, 2.24) is 0 Å². The monoisotopic (exact) mass is 196 g/mol. The third kappa shape index (κ3) is 1.13. The van der Waals surface area contributed by atoms with Gasteiger partial charge in [0.15, 0.2) is 6.10 Å². The quantitative estimate of drug-likeness (QED) is 0.638. The van der Waals surface area contributed by atoms with Crippen LogP contribution in [0.25, 0.3) is 0 Å². The van der Waals surface area contributed by atoms with Gasteiger partial charge >= 0.3 is 0 Å². The van der Waals surface area contributed by atoms with E-state index in [9.17, 15) is 4.79 Å². The molecule has 1 atom stereocenters. The van der Waals surface area contributed by atoms with Gasteiger partial charge in [0.1, 0.15) is 5.75 Å². The maximum atomic E-state index is 11.6. The van der Waals surface area contributed by atoms with Gasteiger partial charge in [-0.2, -0.15) is 0 Å². The average molecular weight is 197 g/mol. The molecular formula is C10H9ClO2. The Balaban J connectivity index is 2.68. The fraction of sp³-hybridized carbons (Fsp3) is 0.300. The Morgan fingerprint density at radius 1 is 1.46 bits per heavy atom. The highest BCUT2D eigenvalue weighted by Crippen LogP contribution is 2.36. The topological polar surface area (TPSA) is 26.3 Å². The summed E-state index contributed by atoms with van der Waals surface area (Å²) in [6, 6.07) is 3.58. The maximum Gasteiger partial charge on any atom is 0.208 e. The zero-order valence-electron chi connectivity index (χ0n) is 7.43. The molecule has 13 heavy (non-hydrogen) atoms. The lowest BCUT2D eigenvalue weighted by molar-refractivity contribution is 0.0878. The molecule has 0 spiro atoms. The first-order valence-corrected chi connectivity index (χ1v) is 4.49. The van der Waals surface area contributed by atoms with E-state index in [1.165, 1.54) is 0 Å². The van der Waals surface area contributed by atoms with Gasteiger partial charge in [-0.1, -0.05) is 17.7 Å². The van der Waals surface area contributed by atoms with Crippen molar-refractivity contribution in [2.75, 3.05) is 0 Å². The van der Waals surface area contributed by atoms with E-state index in [0.29, 0.717) is 16.3 Å². The van der Waals surface area contributed by atoms with Gasteiger partial charge in [0, 0.05) is 0 Å². The molecule has 1 aliphatic rings. The molecule has 68 valence electrons. The van der Waals surface area contributed by atoms with Gasteiger partial charge in [-0.3, -0.25) is 4.79 Å². The third-order valence-electron chi connectivity index (χ3n) is 2.21. The van der Waals surface area contributed by atoms with E-state index >= 15 is 0 Å². The Bertz CT molecular complexity index is 385. The van der Waals surface area contributed by atoms with Gasteiger partial charge in [0.25, 0.3) is 0 Å². The molecule has 1 unspecified atom stereocenters. The predicted octanol–water partition coefficient (Wildman–Crippen LogP) is 2.61. The Labute approximate surface area is 81.5 Å². The van der Waals surface area contributed by atoms with E-state index in [0.717, 1.165) is 5.56 Å². The highest BCUT2D eigenvalue weighted by Gasteiger charge is 2.32. The molecule has 0 amide bonds. The van der Waals surface area contributed by atoms with Crippen LogP contribution in [0, 0.1) is 6.92 Å². The molecule has 3 heteroatoms. The van der Waals surface area contributed by atoms with Crippen LogP contribution < -0.4 is 4.74 Å². The van der Waals surface area contributed by atoms with Crippen molar-refractivity contribution >= 4 is 17.4 Å². The van der Waals surface area contributed by atoms with Gasteiger partial charge in [-0.05, 0) is 25.5 Å². The van der Waals surface area contributed by atoms with E-state index in [4.69, 9.17) is 16.3 Å². The van der Waals surface area contributed by atoms with Gasteiger partial charge in [-0.15, -0.1) is 0 Å². The zero-order valence-corrected chi connectivity index (χ0v) is 8.18. The van der Waals surface area contributed by atoms with Crippen LogP contribution in [-0.2, 0) is 0 Å². The number of aryl methyl sites for hydroxylation is 1. The van der Waals surface area contributed by atoms with Crippen LogP contribution >= 0.6 is 11.6 Å². The largest absolute Gasteiger partial charge is 0.481 e. The number of benzene rings is 1. The standard InChI is InChI=1S/C10H9ClO2/c1-5-3-4-7(11)8-9(12)6(2)13-10(5)8/h3-4,6H,1-2H3. The molecule has 1 aromatic rings. The molecule has 0 bridgehead atoms. The summed E-state index contributed by atoms with van der Waals surface area (Å²) in [4.78, 5) is 11.6. The minimum absolute atomic E-state index is 0.0244. The summed E-state index contributed by atoms with van der Waals surface area (Å²) >= 11 is 5.90. The molecule has 0 saturated carbocycles. The van der Waals surface area contributed by atoms with Crippen LogP contribution in [0.15, 0.2) is 12.1 Å². The van der Waals surface area contributed by atoms with Gasteiger partial charge in [0.05, 0.1) is 10.6 Å². The van der Waals surface area contributed by atoms with Crippen LogP contribution in [-0.4, -0.2) is 11.9 Å². The number of hydrogen-bond acceptors (Lipinski definition) is 2. The molecule has 0 fully saturated rings.